The van der Waals surface area contributed by atoms with Crippen molar-refractivity contribution in [1.29, 1.82) is 0 Å². The third-order valence-electron chi connectivity index (χ3n) is 3.16. The van der Waals surface area contributed by atoms with Crippen molar-refractivity contribution >= 4 is 0 Å². The molecule has 0 aliphatic carbocycles. The van der Waals surface area contributed by atoms with Gasteiger partial charge in [-0.3, -0.25) is 0 Å². The van der Waals surface area contributed by atoms with Crippen LogP contribution in [-0.4, -0.2) is 12.7 Å². The molecule has 1 aliphatic heterocycles. The lowest BCUT2D eigenvalue weighted by atomic mass is 9.90. The molecule has 0 amide bonds. The second kappa shape index (κ2) is 4.84. The van der Waals surface area contributed by atoms with Crippen molar-refractivity contribution < 1.29 is 22.0 Å². The first-order chi connectivity index (χ1) is 8.36. The zero-order valence-corrected chi connectivity index (χ0v) is 9.40. The highest BCUT2D eigenvalue weighted by molar-refractivity contribution is 5.22. The summed E-state index contributed by atoms with van der Waals surface area (Å²) in [7, 11) is 0. The monoisotopic (exact) mass is 265 g/mol. The fourth-order valence-corrected chi connectivity index (χ4v) is 2.20. The van der Waals surface area contributed by atoms with Crippen LogP contribution in [0.25, 0.3) is 0 Å². The molecule has 0 bridgehead atoms. The molecule has 2 unspecified atom stereocenters. The minimum atomic E-state index is -4.22. The Labute approximate surface area is 101 Å². The van der Waals surface area contributed by atoms with E-state index in [1.54, 1.807) is 0 Å². The van der Waals surface area contributed by atoms with Gasteiger partial charge in [-0.1, -0.05) is 0 Å². The SMILES string of the molecule is Fc1cc(F)cc(C2CCC(C(F)(F)F)CN2)c1. The number of piperidine rings is 1. The molecule has 1 N–H and O–H groups in total. The first kappa shape index (κ1) is 13.3. The van der Waals surface area contributed by atoms with Crippen LogP contribution in [0.5, 0.6) is 0 Å². The van der Waals surface area contributed by atoms with E-state index in [4.69, 9.17) is 0 Å². The van der Waals surface area contributed by atoms with Gasteiger partial charge in [0.05, 0.1) is 5.92 Å². The third-order valence-corrected chi connectivity index (χ3v) is 3.16. The number of rotatable bonds is 1. The Morgan fingerprint density at radius 3 is 2.06 bits per heavy atom. The van der Waals surface area contributed by atoms with Gasteiger partial charge in [-0.15, -0.1) is 0 Å². The van der Waals surface area contributed by atoms with Gasteiger partial charge in [0.15, 0.2) is 0 Å². The Kier molecular flexibility index (Phi) is 3.56. The molecular formula is C12H12F5N. The standard InChI is InChI=1S/C12H12F5N/c13-9-3-7(4-10(14)5-9)11-2-1-8(6-18-11)12(15,16)17/h3-5,8,11,18H,1-2,6H2. The van der Waals surface area contributed by atoms with Crippen LogP contribution in [0.3, 0.4) is 0 Å². The Hall–Kier alpha value is -1.17. The zero-order chi connectivity index (χ0) is 13.3. The molecule has 0 spiro atoms. The van der Waals surface area contributed by atoms with Crippen LogP contribution in [0.15, 0.2) is 18.2 Å². The third kappa shape index (κ3) is 2.98. The molecule has 1 fully saturated rings. The normalized spacial score (nSPS) is 25.2. The van der Waals surface area contributed by atoms with Gasteiger partial charge in [-0.25, -0.2) is 8.78 Å². The minimum absolute atomic E-state index is 0.0285. The first-order valence-electron chi connectivity index (χ1n) is 5.62. The van der Waals surface area contributed by atoms with Gasteiger partial charge in [-0.05, 0) is 30.5 Å². The van der Waals surface area contributed by atoms with E-state index in [9.17, 15) is 22.0 Å². The Bertz CT molecular complexity index is 401. The van der Waals surface area contributed by atoms with E-state index in [1.807, 2.05) is 0 Å². The van der Waals surface area contributed by atoms with E-state index < -0.39 is 29.8 Å². The highest BCUT2D eigenvalue weighted by atomic mass is 19.4. The van der Waals surface area contributed by atoms with Gasteiger partial charge >= 0.3 is 6.18 Å². The number of halogens is 5. The van der Waals surface area contributed by atoms with Gasteiger partial charge < -0.3 is 5.32 Å². The number of alkyl halides is 3. The molecule has 1 aliphatic rings. The molecule has 1 heterocycles. The lowest BCUT2D eigenvalue weighted by Gasteiger charge is -2.31. The maximum atomic E-state index is 13.0. The van der Waals surface area contributed by atoms with E-state index in [-0.39, 0.29) is 19.4 Å². The second-order valence-electron chi connectivity index (χ2n) is 4.48. The van der Waals surface area contributed by atoms with Gasteiger partial charge in [0.1, 0.15) is 11.6 Å². The van der Waals surface area contributed by atoms with Crippen LogP contribution in [0, 0.1) is 17.6 Å². The van der Waals surface area contributed by atoms with Crippen LogP contribution in [0.1, 0.15) is 24.4 Å². The lowest BCUT2D eigenvalue weighted by molar-refractivity contribution is -0.179. The van der Waals surface area contributed by atoms with Gasteiger partial charge in [0.25, 0.3) is 0 Å². The van der Waals surface area contributed by atoms with Gasteiger partial charge in [0.2, 0.25) is 0 Å². The highest BCUT2D eigenvalue weighted by Gasteiger charge is 2.41. The molecule has 0 saturated carbocycles. The summed E-state index contributed by atoms with van der Waals surface area (Å²) in [4.78, 5) is 0. The van der Waals surface area contributed by atoms with Crippen molar-refractivity contribution in [3.05, 3.63) is 35.4 Å². The summed E-state index contributed by atoms with van der Waals surface area (Å²) in [6.45, 7) is -0.216. The fourth-order valence-electron chi connectivity index (χ4n) is 2.20. The van der Waals surface area contributed by atoms with E-state index in [0.29, 0.717) is 5.56 Å². The molecular weight excluding hydrogens is 253 g/mol. The number of hydrogen-bond acceptors (Lipinski definition) is 1. The van der Waals surface area contributed by atoms with E-state index in [2.05, 4.69) is 5.32 Å². The Balaban J connectivity index is 2.05. The molecule has 6 heteroatoms. The van der Waals surface area contributed by atoms with Crippen molar-refractivity contribution in [3.8, 4) is 0 Å². The van der Waals surface area contributed by atoms with E-state index >= 15 is 0 Å². The zero-order valence-electron chi connectivity index (χ0n) is 9.40. The number of nitrogens with one attached hydrogen (secondary N) is 1. The topological polar surface area (TPSA) is 12.0 Å². The maximum Gasteiger partial charge on any atom is 0.393 e. The molecule has 100 valence electrons. The molecule has 2 atom stereocenters. The average molecular weight is 265 g/mol. The molecule has 1 aromatic carbocycles. The number of benzene rings is 1. The van der Waals surface area contributed by atoms with Crippen molar-refractivity contribution in [2.45, 2.75) is 25.1 Å². The first-order valence-corrected chi connectivity index (χ1v) is 5.62. The molecule has 1 saturated heterocycles. The quantitative estimate of drug-likeness (QED) is 0.765. The highest BCUT2D eigenvalue weighted by Crippen LogP contribution is 2.35. The molecule has 18 heavy (non-hydrogen) atoms. The van der Waals surface area contributed by atoms with E-state index in [1.165, 1.54) is 0 Å². The summed E-state index contributed by atoms with van der Waals surface area (Å²) < 4.78 is 63.3. The number of hydrogen-bond donors (Lipinski definition) is 1. The van der Waals surface area contributed by atoms with Gasteiger partial charge in [0, 0.05) is 18.7 Å². The van der Waals surface area contributed by atoms with Crippen molar-refractivity contribution in [3.63, 3.8) is 0 Å². The van der Waals surface area contributed by atoms with Crippen LogP contribution in [-0.2, 0) is 0 Å². The van der Waals surface area contributed by atoms with Crippen molar-refractivity contribution in [1.82, 2.24) is 5.32 Å². The summed E-state index contributed by atoms with van der Waals surface area (Å²) in [5.74, 6) is -2.82. The molecule has 1 aromatic rings. The summed E-state index contributed by atoms with van der Waals surface area (Å²) in [5, 5.41) is 2.69. The second-order valence-corrected chi connectivity index (χ2v) is 4.48. The van der Waals surface area contributed by atoms with Crippen LogP contribution in [0.4, 0.5) is 22.0 Å². The summed E-state index contributed by atoms with van der Waals surface area (Å²) in [6.07, 6.45) is -4.03. The molecule has 0 radical (unpaired) electrons. The predicted molar refractivity (Wildman–Crippen MR) is 55.9 cm³/mol. The summed E-state index contributed by atoms with van der Waals surface area (Å²) in [6, 6.07) is 2.61. The van der Waals surface area contributed by atoms with Crippen LogP contribution >= 0.6 is 0 Å². The fraction of sp³-hybridized carbons (Fsp3) is 0.500. The minimum Gasteiger partial charge on any atom is -0.309 e. The lowest BCUT2D eigenvalue weighted by Crippen LogP contribution is -2.40. The maximum absolute atomic E-state index is 13.0. The average Bonchev–Trinajstić information content (AvgIpc) is 2.27. The molecule has 0 aromatic heterocycles. The Morgan fingerprint density at radius 1 is 1.00 bits per heavy atom. The smallest absolute Gasteiger partial charge is 0.309 e. The Morgan fingerprint density at radius 2 is 1.61 bits per heavy atom. The summed E-state index contributed by atoms with van der Waals surface area (Å²) >= 11 is 0. The van der Waals surface area contributed by atoms with Crippen molar-refractivity contribution in [2.75, 3.05) is 6.54 Å². The van der Waals surface area contributed by atoms with Crippen LogP contribution in [0.2, 0.25) is 0 Å². The van der Waals surface area contributed by atoms with Crippen molar-refractivity contribution in [2.24, 2.45) is 5.92 Å². The predicted octanol–water partition coefficient (Wildman–Crippen LogP) is 3.57. The largest absolute Gasteiger partial charge is 0.393 e. The van der Waals surface area contributed by atoms with Crippen LogP contribution < -0.4 is 5.32 Å². The molecule has 1 nitrogen and oxygen atoms in total. The van der Waals surface area contributed by atoms with Gasteiger partial charge in [-0.2, -0.15) is 13.2 Å². The summed E-state index contributed by atoms with van der Waals surface area (Å²) in [5.41, 5.74) is 0.355. The van der Waals surface area contributed by atoms with E-state index in [0.717, 1.165) is 18.2 Å². The molecule has 2 rings (SSSR count).